The van der Waals surface area contributed by atoms with Crippen LogP contribution in [0.2, 0.25) is 0 Å². The third-order valence-corrected chi connectivity index (χ3v) is 3.19. The Hall–Kier alpha value is -1.56. The van der Waals surface area contributed by atoms with Crippen molar-refractivity contribution in [3.05, 3.63) is 11.4 Å². The molecule has 1 unspecified atom stereocenters. The van der Waals surface area contributed by atoms with Gasteiger partial charge in [-0.3, -0.25) is 9.48 Å². The Morgan fingerprint density at radius 2 is 2.00 bits per heavy atom. The normalized spacial score (nSPS) is 12.6. The van der Waals surface area contributed by atoms with Crippen molar-refractivity contribution in [2.75, 3.05) is 13.2 Å². The van der Waals surface area contributed by atoms with Gasteiger partial charge in [0.25, 0.3) is 5.91 Å². The van der Waals surface area contributed by atoms with Gasteiger partial charge in [-0.05, 0) is 34.6 Å². The van der Waals surface area contributed by atoms with Crippen LogP contribution in [0.4, 0.5) is 0 Å². The topological polar surface area (TPSA) is 67.6 Å². The molecule has 0 bridgehead atoms. The molecule has 1 atom stereocenters. The molecule has 0 saturated carbocycles. The molecular formula is C14H25N3O3. The molecule has 20 heavy (non-hydrogen) atoms. The Kier molecular flexibility index (Phi) is 5.56. The predicted octanol–water partition coefficient (Wildman–Crippen LogP) is 1.03. The highest BCUT2D eigenvalue weighted by molar-refractivity contribution is 5.78. The third-order valence-electron chi connectivity index (χ3n) is 3.19. The van der Waals surface area contributed by atoms with Gasteiger partial charge in [0, 0.05) is 19.6 Å². The average molecular weight is 283 g/mol. The summed E-state index contributed by atoms with van der Waals surface area (Å²) in [6.45, 7) is 9.52. The lowest BCUT2D eigenvalue weighted by Gasteiger charge is -2.27. The van der Waals surface area contributed by atoms with Crippen molar-refractivity contribution in [3.8, 4) is 5.75 Å². The van der Waals surface area contributed by atoms with E-state index < -0.39 is 6.10 Å². The van der Waals surface area contributed by atoms with Crippen molar-refractivity contribution in [2.45, 2.75) is 46.8 Å². The van der Waals surface area contributed by atoms with Crippen molar-refractivity contribution in [3.63, 3.8) is 0 Å². The molecule has 1 amide bonds. The minimum atomic E-state index is -0.553. The van der Waals surface area contributed by atoms with Gasteiger partial charge in [0.2, 0.25) is 0 Å². The number of hydrogen-bond acceptors (Lipinski definition) is 4. The van der Waals surface area contributed by atoms with Crippen LogP contribution in [-0.4, -0.2) is 51.0 Å². The number of aliphatic hydroxyl groups is 1. The van der Waals surface area contributed by atoms with E-state index in [4.69, 9.17) is 4.74 Å². The van der Waals surface area contributed by atoms with E-state index in [1.54, 1.807) is 16.5 Å². The second kappa shape index (κ2) is 6.74. The zero-order chi connectivity index (χ0) is 15.4. The van der Waals surface area contributed by atoms with E-state index in [1.807, 2.05) is 34.7 Å². The van der Waals surface area contributed by atoms with Crippen LogP contribution in [0.3, 0.4) is 0 Å². The molecular weight excluding hydrogens is 258 g/mol. The molecule has 0 aliphatic rings. The number of aliphatic hydroxyl groups excluding tert-OH is 1. The Morgan fingerprint density at radius 1 is 1.40 bits per heavy atom. The number of amides is 1. The number of rotatable bonds is 6. The number of aryl methyl sites for hydroxylation is 2. The van der Waals surface area contributed by atoms with Crippen LogP contribution in [0, 0.1) is 13.8 Å². The van der Waals surface area contributed by atoms with Gasteiger partial charge in [0.1, 0.15) is 5.69 Å². The lowest BCUT2D eigenvalue weighted by molar-refractivity contribution is -0.136. The Balaban J connectivity index is 2.70. The maximum Gasteiger partial charge on any atom is 0.260 e. The molecule has 1 aromatic rings. The van der Waals surface area contributed by atoms with Gasteiger partial charge in [0.15, 0.2) is 12.4 Å². The second-order valence-corrected chi connectivity index (χ2v) is 5.40. The summed E-state index contributed by atoms with van der Waals surface area (Å²) in [4.78, 5) is 13.8. The van der Waals surface area contributed by atoms with Gasteiger partial charge in [-0.15, -0.1) is 0 Å². The molecule has 0 aliphatic carbocycles. The molecule has 0 aromatic carbocycles. The molecule has 0 radical (unpaired) electrons. The first kappa shape index (κ1) is 16.5. The number of ether oxygens (including phenoxy) is 1. The zero-order valence-electron chi connectivity index (χ0n) is 13.2. The highest BCUT2D eigenvalue weighted by atomic mass is 16.5. The Labute approximate surface area is 120 Å². The standard InChI is InChI=1S/C14H25N3O3/c1-9(2)17(7-10(3)18)13(19)8-20-14-11(4)15-16(6)12(14)5/h9-10,18H,7-8H2,1-6H3. The quantitative estimate of drug-likeness (QED) is 0.847. The van der Waals surface area contributed by atoms with E-state index in [0.29, 0.717) is 12.3 Å². The van der Waals surface area contributed by atoms with E-state index in [-0.39, 0.29) is 18.6 Å². The van der Waals surface area contributed by atoms with Crippen molar-refractivity contribution < 1.29 is 14.6 Å². The van der Waals surface area contributed by atoms with Gasteiger partial charge < -0.3 is 14.7 Å². The van der Waals surface area contributed by atoms with Crippen molar-refractivity contribution >= 4 is 5.91 Å². The van der Waals surface area contributed by atoms with Crippen LogP contribution < -0.4 is 4.74 Å². The van der Waals surface area contributed by atoms with Crippen LogP contribution in [0.15, 0.2) is 0 Å². The second-order valence-electron chi connectivity index (χ2n) is 5.40. The molecule has 0 spiro atoms. The van der Waals surface area contributed by atoms with Crippen LogP contribution in [0.5, 0.6) is 5.75 Å². The molecule has 0 fully saturated rings. The number of aromatic nitrogens is 2. The summed E-state index contributed by atoms with van der Waals surface area (Å²) >= 11 is 0. The summed E-state index contributed by atoms with van der Waals surface area (Å²) in [6, 6.07) is 0.0248. The number of hydrogen-bond donors (Lipinski definition) is 1. The third kappa shape index (κ3) is 3.96. The summed E-state index contributed by atoms with van der Waals surface area (Å²) in [5.41, 5.74) is 1.66. The fourth-order valence-corrected chi connectivity index (χ4v) is 2.07. The molecule has 1 N–H and O–H groups in total. The fraction of sp³-hybridized carbons (Fsp3) is 0.714. The largest absolute Gasteiger partial charge is 0.480 e. The highest BCUT2D eigenvalue weighted by Gasteiger charge is 2.20. The van der Waals surface area contributed by atoms with Gasteiger partial charge in [0.05, 0.1) is 11.8 Å². The minimum Gasteiger partial charge on any atom is -0.480 e. The molecule has 0 aliphatic heterocycles. The molecule has 1 rings (SSSR count). The van der Waals surface area contributed by atoms with Gasteiger partial charge >= 0.3 is 0 Å². The van der Waals surface area contributed by atoms with E-state index in [2.05, 4.69) is 5.10 Å². The van der Waals surface area contributed by atoms with Crippen molar-refractivity contribution in [1.82, 2.24) is 14.7 Å². The smallest absolute Gasteiger partial charge is 0.260 e. The fourth-order valence-electron chi connectivity index (χ4n) is 2.07. The van der Waals surface area contributed by atoms with E-state index in [0.717, 1.165) is 11.4 Å². The van der Waals surface area contributed by atoms with Gasteiger partial charge in [-0.2, -0.15) is 5.10 Å². The summed E-state index contributed by atoms with van der Waals surface area (Å²) in [7, 11) is 1.84. The van der Waals surface area contributed by atoms with Crippen LogP contribution in [0.25, 0.3) is 0 Å². The monoisotopic (exact) mass is 283 g/mol. The van der Waals surface area contributed by atoms with Crippen molar-refractivity contribution in [1.29, 1.82) is 0 Å². The van der Waals surface area contributed by atoms with Crippen LogP contribution >= 0.6 is 0 Å². The van der Waals surface area contributed by atoms with E-state index in [1.165, 1.54) is 0 Å². The molecule has 1 heterocycles. The van der Waals surface area contributed by atoms with E-state index >= 15 is 0 Å². The number of nitrogens with zero attached hydrogens (tertiary/aromatic N) is 3. The Morgan fingerprint density at radius 3 is 2.40 bits per heavy atom. The zero-order valence-corrected chi connectivity index (χ0v) is 13.2. The first-order valence-electron chi connectivity index (χ1n) is 6.84. The SMILES string of the molecule is Cc1nn(C)c(C)c1OCC(=O)N(CC(C)O)C(C)C. The minimum absolute atomic E-state index is 0.0248. The molecule has 1 aromatic heterocycles. The Bertz CT molecular complexity index is 466. The van der Waals surface area contributed by atoms with Crippen LogP contribution in [0.1, 0.15) is 32.2 Å². The van der Waals surface area contributed by atoms with Gasteiger partial charge in [-0.25, -0.2) is 0 Å². The first-order valence-corrected chi connectivity index (χ1v) is 6.84. The molecule has 6 nitrogen and oxygen atoms in total. The maximum absolute atomic E-state index is 12.2. The molecule has 114 valence electrons. The summed E-state index contributed by atoms with van der Waals surface area (Å²) in [6.07, 6.45) is -0.553. The summed E-state index contributed by atoms with van der Waals surface area (Å²) < 4.78 is 7.33. The van der Waals surface area contributed by atoms with Gasteiger partial charge in [-0.1, -0.05) is 0 Å². The van der Waals surface area contributed by atoms with E-state index in [9.17, 15) is 9.90 Å². The average Bonchev–Trinajstić information content (AvgIpc) is 2.57. The summed E-state index contributed by atoms with van der Waals surface area (Å²) in [5, 5.41) is 13.7. The highest BCUT2D eigenvalue weighted by Crippen LogP contribution is 2.21. The lowest BCUT2D eigenvalue weighted by atomic mass is 10.2. The first-order chi connectivity index (χ1) is 9.23. The van der Waals surface area contributed by atoms with Crippen LogP contribution in [-0.2, 0) is 11.8 Å². The number of carbonyl (C=O) groups is 1. The summed E-state index contributed by atoms with van der Waals surface area (Å²) in [5.74, 6) is 0.519. The lowest BCUT2D eigenvalue weighted by Crippen LogP contribution is -2.43. The maximum atomic E-state index is 12.2. The predicted molar refractivity (Wildman–Crippen MR) is 76.7 cm³/mol. The number of carbonyl (C=O) groups excluding carboxylic acids is 1. The molecule has 0 saturated heterocycles. The molecule has 6 heteroatoms. The van der Waals surface area contributed by atoms with Crippen molar-refractivity contribution in [2.24, 2.45) is 7.05 Å².